The highest BCUT2D eigenvalue weighted by molar-refractivity contribution is 5.97. The van der Waals surface area contributed by atoms with E-state index in [-0.39, 0.29) is 24.3 Å². The Morgan fingerprint density at radius 2 is 1.85 bits per heavy atom. The summed E-state index contributed by atoms with van der Waals surface area (Å²) in [5, 5.41) is 2.82. The lowest BCUT2D eigenvalue weighted by Crippen LogP contribution is -2.22. The van der Waals surface area contributed by atoms with Gasteiger partial charge in [0.2, 0.25) is 5.91 Å². The van der Waals surface area contributed by atoms with Crippen LogP contribution >= 0.6 is 0 Å². The van der Waals surface area contributed by atoms with E-state index in [2.05, 4.69) is 5.32 Å². The first-order valence-electron chi connectivity index (χ1n) is 8.51. The average molecular weight is 355 g/mol. The molecule has 138 valence electrons. The molecule has 0 spiro atoms. The monoisotopic (exact) mass is 355 g/mol. The molecule has 0 saturated carbocycles. The molecule has 1 unspecified atom stereocenters. The van der Waals surface area contributed by atoms with Crippen molar-refractivity contribution in [2.75, 3.05) is 26.0 Å². The summed E-state index contributed by atoms with van der Waals surface area (Å²) in [5.74, 6) is 0.116. The Bertz CT molecular complexity index is 760. The van der Waals surface area contributed by atoms with Gasteiger partial charge in [0.25, 0.3) is 5.91 Å². The zero-order valence-electron chi connectivity index (χ0n) is 15.4. The molecule has 0 radical (unpaired) electrons. The molecule has 2 aromatic carbocycles. The molecular weight excluding hydrogens is 330 g/mol. The summed E-state index contributed by atoms with van der Waals surface area (Å²) in [4.78, 5) is 25.9. The average Bonchev–Trinajstić information content (AvgIpc) is 2.63. The number of hydrogen-bond acceptors (Lipinski definition) is 4. The van der Waals surface area contributed by atoms with Crippen molar-refractivity contribution in [1.29, 1.82) is 0 Å². The van der Waals surface area contributed by atoms with Gasteiger partial charge in [-0.1, -0.05) is 30.3 Å². The molecule has 0 aromatic heterocycles. The molecule has 0 bridgehead atoms. The number of hydrogen-bond donors (Lipinski definition) is 2. The number of ether oxygens (including phenoxy) is 1. The quantitative estimate of drug-likeness (QED) is 0.800. The van der Waals surface area contributed by atoms with Crippen molar-refractivity contribution in [1.82, 2.24) is 4.90 Å². The molecule has 0 aliphatic rings. The second-order valence-electron chi connectivity index (χ2n) is 6.11. The van der Waals surface area contributed by atoms with Gasteiger partial charge >= 0.3 is 0 Å². The molecule has 0 aliphatic carbocycles. The van der Waals surface area contributed by atoms with Crippen molar-refractivity contribution >= 4 is 17.5 Å². The van der Waals surface area contributed by atoms with Crippen LogP contribution in [0, 0.1) is 0 Å². The highest BCUT2D eigenvalue weighted by Gasteiger charge is 2.16. The number of amides is 2. The third-order valence-electron chi connectivity index (χ3n) is 3.84. The topological polar surface area (TPSA) is 84.7 Å². The van der Waals surface area contributed by atoms with Gasteiger partial charge in [0.05, 0.1) is 12.3 Å². The minimum absolute atomic E-state index is 0.130. The van der Waals surface area contributed by atoms with Crippen molar-refractivity contribution in [2.24, 2.45) is 5.73 Å². The predicted octanol–water partition coefficient (Wildman–Crippen LogP) is 2.82. The largest absolute Gasteiger partial charge is 0.492 e. The summed E-state index contributed by atoms with van der Waals surface area (Å²) >= 11 is 0. The van der Waals surface area contributed by atoms with Crippen LogP contribution in [0.25, 0.3) is 0 Å². The standard InChI is InChI=1S/C20H25N3O3/c1-4-26-18-12-15(20(25)23(2)3)10-11-17(18)22-19(24)13-16(21)14-8-6-5-7-9-14/h5-12,16H,4,13,21H2,1-3H3,(H,22,24). The zero-order chi connectivity index (χ0) is 19.1. The van der Waals surface area contributed by atoms with Crippen molar-refractivity contribution in [3.63, 3.8) is 0 Å². The summed E-state index contributed by atoms with van der Waals surface area (Å²) in [5.41, 5.74) is 8.02. The number of rotatable bonds is 7. The van der Waals surface area contributed by atoms with Crippen molar-refractivity contribution in [2.45, 2.75) is 19.4 Å². The molecule has 1 atom stereocenters. The van der Waals surface area contributed by atoms with Gasteiger partial charge in [-0.2, -0.15) is 0 Å². The predicted molar refractivity (Wildman–Crippen MR) is 102 cm³/mol. The van der Waals surface area contributed by atoms with E-state index in [1.54, 1.807) is 32.3 Å². The van der Waals surface area contributed by atoms with E-state index >= 15 is 0 Å². The summed E-state index contributed by atoms with van der Waals surface area (Å²) in [6.45, 7) is 2.27. The number of nitrogens with one attached hydrogen (secondary N) is 1. The fraction of sp³-hybridized carbons (Fsp3) is 0.300. The van der Waals surface area contributed by atoms with Crippen LogP contribution < -0.4 is 15.8 Å². The lowest BCUT2D eigenvalue weighted by atomic mass is 10.0. The Kier molecular flexibility index (Phi) is 6.74. The van der Waals surface area contributed by atoms with E-state index in [1.807, 2.05) is 37.3 Å². The number of nitrogens with two attached hydrogens (primary N) is 1. The number of carbonyl (C=O) groups excluding carboxylic acids is 2. The fourth-order valence-corrected chi connectivity index (χ4v) is 2.51. The molecule has 2 rings (SSSR count). The number of anilines is 1. The molecule has 26 heavy (non-hydrogen) atoms. The van der Waals surface area contributed by atoms with E-state index in [9.17, 15) is 9.59 Å². The van der Waals surface area contributed by atoms with Gasteiger partial charge in [-0.3, -0.25) is 9.59 Å². The van der Waals surface area contributed by atoms with E-state index < -0.39 is 0 Å². The second-order valence-corrected chi connectivity index (χ2v) is 6.11. The molecule has 0 fully saturated rings. The fourth-order valence-electron chi connectivity index (χ4n) is 2.51. The maximum absolute atomic E-state index is 12.4. The molecular formula is C20H25N3O3. The van der Waals surface area contributed by atoms with Crippen LogP contribution in [0.15, 0.2) is 48.5 Å². The number of benzene rings is 2. The first-order valence-corrected chi connectivity index (χ1v) is 8.51. The highest BCUT2D eigenvalue weighted by Crippen LogP contribution is 2.27. The summed E-state index contributed by atoms with van der Waals surface area (Å²) in [6, 6.07) is 14.1. The molecule has 3 N–H and O–H groups in total. The van der Waals surface area contributed by atoms with E-state index in [1.165, 1.54) is 4.90 Å². The van der Waals surface area contributed by atoms with Gasteiger partial charge in [-0.25, -0.2) is 0 Å². The highest BCUT2D eigenvalue weighted by atomic mass is 16.5. The van der Waals surface area contributed by atoms with Crippen molar-refractivity contribution in [3.8, 4) is 5.75 Å². The van der Waals surface area contributed by atoms with Gasteiger partial charge in [-0.15, -0.1) is 0 Å². The number of carbonyl (C=O) groups is 2. The Hall–Kier alpha value is -2.86. The molecule has 6 heteroatoms. The molecule has 0 saturated heterocycles. The van der Waals surface area contributed by atoms with Gasteiger partial charge in [0, 0.05) is 32.1 Å². The third kappa shape index (κ3) is 5.07. The first-order chi connectivity index (χ1) is 12.4. The third-order valence-corrected chi connectivity index (χ3v) is 3.84. The van der Waals surface area contributed by atoms with E-state index in [0.29, 0.717) is 23.6 Å². The van der Waals surface area contributed by atoms with Crippen LogP contribution in [0.3, 0.4) is 0 Å². The van der Waals surface area contributed by atoms with Crippen molar-refractivity contribution in [3.05, 3.63) is 59.7 Å². The minimum Gasteiger partial charge on any atom is -0.492 e. The lowest BCUT2D eigenvalue weighted by molar-refractivity contribution is -0.116. The zero-order valence-corrected chi connectivity index (χ0v) is 15.4. The minimum atomic E-state index is -0.388. The first kappa shape index (κ1) is 19.5. The van der Waals surface area contributed by atoms with Crippen LogP contribution in [0.4, 0.5) is 5.69 Å². The van der Waals surface area contributed by atoms with Gasteiger partial charge in [0.15, 0.2) is 0 Å². The van der Waals surface area contributed by atoms with Gasteiger partial charge < -0.3 is 20.7 Å². The summed E-state index contributed by atoms with van der Waals surface area (Å²) < 4.78 is 5.58. The van der Waals surface area contributed by atoms with Gasteiger partial charge in [-0.05, 0) is 30.7 Å². The smallest absolute Gasteiger partial charge is 0.253 e. The molecule has 2 aromatic rings. The van der Waals surface area contributed by atoms with Crippen LogP contribution in [-0.4, -0.2) is 37.4 Å². The maximum Gasteiger partial charge on any atom is 0.253 e. The van der Waals surface area contributed by atoms with Crippen LogP contribution in [0.5, 0.6) is 5.75 Å². The summed E-state index contributed by atoms with van der Waals surface area (Å²) in [7, 11) is 3.37. The van der Waals surface area contributed by atoms with Crippen LogP contribution in [0.1, 0.15) is 35.3 Å². The number of nitrogens with zero attached hydrogens (tertiary/aromatic N) is 1. The van der Waals surface area contributed by atoms with Crippen LogP contribution in [0.2, 0.25) is 0 Å². The van der Waals surface area contributed by atoms with Crippen molar-refractivity contribution < 1.29 is 14.3 Å². The molecule has 6 nitrogen and oxygen atoms in total. The lowest BCUT2D eigenvalue weighted by Gasteiger charge is -2.16. The Balaban J connectivity index is 2.12. The Morgan fingerprint density at radius 3 is 2.46 bits per heavy atom. The Labute approximate surface area is 153 Å². The molecule has 0 heterocycles. The van der Waals surface area contributed by atoms with Crippen LogP contribution in [-0.2, 0) is 4.79 Å². The van der Waals surface area contributed by atoms with E-state index in [0.717, 1.165) is 5.56 Å². The van der Waals surface area contributed by atoms with Gasteiger partial charge in [0.1, 0.15) is 5.75 Å². The molecule has 0 aliphatic heterocycles. The molecule has 2 amide bonds. The Morgan fingerprint density at radius 1 is 1.15 bits per heavy atom. The van der Waals surface area contributed by atoms with E-state index in [4.69, 9.17) is 10.5 Å². The SMILES string of the molecule is CCOc1cc(C(=O)N(C)C)ccc1NC(=O)CC(N)c1ccccc1. The summed E-state index contributed by atoms with van der Waals surface area (Å²) in [6.07, 6.45) is 0.147. The second kappa shape index (κ2) is 9.01. The maximum atomic E-state index is 12.4. The normalized spacial score (nSPS) is 11.5.